The quantitative estimate of drug-likeness (QED) is 0.744. The topological polar surface area (TPSA) is 41.5 Å². The van der Waals surface area contributed by atoms with Crippen molar-refractivity contribution < 1.29 is 9.84 Å². The average molecular weight is 342 g/mol. The lowest BCUT2D eigenvalue weighted by atomic mass is 10.0. The lowest BCUT2D eigenvalue weighted by molar-refractivity contribution is 0.00111. The van der Waals surface area contributed by atoms with Crippen molar-refractivity contribution in [3.05, 3.63) is 28.2 Å². The maximum atomic E-state index is 10.4. The van der Waals surface area contributed by atoms with E-state index in [2.05, 4.69) is 34.2 Å². The highest BCUT2D eigenvalue weighted by Crippen LogP contribution is 2.31. The van der Waals surface area contributed by atoms with E-state index >= 15 is 0 Å². The van der Waals surface area contributed by atoms with Crippen LogP contribution < -0.4 is 10.1 Å². The number of rotatable bonds is 7. The van der Waals surface area contributed by atoms with Crippen molar-refractivity contribution in [1.29, 1.82) is 0 Å². The average Bonchev–Trinajstić information content (AvgIpc) is 2.85. The number of hydrogen-bond donors (Lipinski definition) is 2. The summed E-state index contributed by atoms with van der Waals surface area (Å²) >= 11 is 3.50. The predicted octanol–water partition coefficient (Wildman–Crippen LogP) is 3.63. The molecule has 1 fully saturated rings. The molecule has 1 saturated carbocycles. The van der Waals surface area contributed by atoms with Crippen LogP contribution in [0.2, 0.25) is 0 Å². The maximum Gasteiger partial charge on any atom is 0.124 e. The van der Waals surface area contributed by atoms with Gasteiger partial charge in [-0.25, -0.2) is 0 Å². The minimum atomic E-state index is -0.624. The van der Waals surface area contributed by atoms with Crippen molar-refractivity contribution in [2.45, 2.75) is 51.2 Å². The third kappa shape index (κ3) is 4.47. The second-order valence-electron chi connectivity index (χ2n) is 5.65. The molecule has 0 aliphatic heterocycles. The zero-order valence-electron chi connectivity index (χ0n) is 12.1. The molecule has 0 unspecified atom stereocenters. The molecular weight excluding hydrogens is 318 g/mol. The lowest BCUT2D eigenvalue weighted by Gasteiger charge is -2.23. The second kappa shape index (κ2) is 7.43. The molecule has 1 aromatic rings. The first-order valence-corrected chi connectivity index (χ1v) is 8.26. The summed E-state index contributed by atoms with van der Waals surface area (Å²) in [4.78, 5) is 0. The summed E-state index contributed by atoms with van der Waals surface area (Å²) in [5, 5.41) is 13.8. The maximum absolute atomic E-state index is 10.4. The Balaban J connectivity index is 1.98. The Morgan fingerprint density at radius 2 is 2.10 bits per heavy atom. The Hall–Kier alpha value is -0.580. The third-order valence-corrected chi connectivity index (χ3v) is 4.29. The first kappa shape index (κ1) is 15.8. The molecule has 20 heavy (non-hydrogen) atoms. The van der Waals surface area contributed by atoms with E-state index in [4.69, 9.17) is 4.74 Å². The van der Waals surface area contributed by atoms with Gasteiger partial charge in [0.15, 0.2) is 0 Å². The van der Waals surface area contributed by atoms with Crippen LogP contribution in [0, 0.1) is 0 Å². The van der Waals surface area contributed by atoms with E-state index in [1.807, 2.05) is 12.1 Å². The Kier molecular flexibility index (Phi) is 5.87. The zero-order valence-corrected chi connectivity index (χ0v) is 13.7. The highest BCUT2D eigenvalue weighted by molar-refractivity contribution is 9.10. The fourth-order valence-electron chi connectivity index (χ4n) is 2.62. The summed E-state index contributed by atoms with van der Waals surface area (Å²) in [5.74, 6) is 0.872. The van der Waals surface area contributed by atoms with Crippen LogP contribution >= 0.6 is 15.9 Å². The van der Waals surface area contributed by atoms with E-state index in [0.717, 1.165) is 61.0 Å². The number of aliphatic hydroxyl groups is 1. The fraction of sp³-hybridized carbons (Fsp3) is 0.625. The summed E-state index contributed by atoms with van der Waals surface area (Å²) in [5.41, 5.74) is 0.510. The third-order valence-electron chi connectivity index (χ3n) is 3.80. The normalized spacial score (nSPS) is 17.4. The van der Waals surface area contributed by atoms with Gasteiger partial charge in [-0.3, -0.25) is 0 Å². The van der Waals surface area contributed by atoms with Gasteiger partial charge in [0, 0.05) is 16.6 Å². The molecule has 0 aromatic heterocycles. The first-order valence-electron chi connectivity index (χ1n) is 7.47. The van der Waals surface area contributed by atoms with Crippen LogP contribution in [-0.2, 0) is 6.54 Å². The lowest BCUT2D eigenvalue weighted by Crippen LogP contribution is -2.32. The zero-order chi connectivity index (χ0) is 14.4. The molecule has 0 amide bonds. The van der Waals surface area contributed by atoms with Gasteiger partial charge in [0.2, 0.25) is 0 Å². The van der Waals surface area contributed by atoms with E-state index in [-0.39, 0.29) is 0 Å². The van der Waals surface area contributed by atoms with Crippen LogP contribution in [0.3, 0.4) is 0 Å². The molecular formula is C16H24BrNO2. The molecule has 1 aliphatic rings. The Labute approximate surface area is 129 Å². The van der Waals surface area contributed by atoms with Crippen LogP contribution in [0.4, 0.5) is 0 Å². The Morgan fingerprint density at radius 3 is 2.80 bits per heavy atom. The van der Waals surface area contributed by atoms with Crippen molar-refractivity contribution in [2.75, 3.05) is 13.2 Å². The summed E-state index contributed by atoms with van der Waals surface area (Å²) in [6.45, 7) is 4.34. The molecule has 2 N–H and O–H groups in total. The van der Waals surface area contributed by atoms with Crippen molar-refractivity contribution >= 4 is 15.9 Å². The molecule has 0 bridgehead atoms. The fourth-order valence-corrected chi connectivity index (χ4v) is 3.02. The van der Waals surface area contributed by atoms with Gasteiger partial charge in [0.1, 0.15) is 12.4 Å². The van der Waals surface area contributed by atoms with Gasteiger partial charge in [-0.05, 0) is 44.0 Å². The van der Waals surface area contributed by atoms with E-state index in [1.165, 1.54) is 0 Å². The van der Waals surface area contributed by atoms with Gasteiger partial charge in [-0.1, -0.05) is 35.7 Å². The van der Waals surface area contributed by atoms with Crippen LogP contribution in [-0.4, -0.2) is 23.9 Å². The largest absolute Gasteiger partial charge is 0.490 e. The molecule has 2 rings (SSSR count). The van der Waals surface area contributed by atoms with Crippen molar-refractivity contribution in [3.8, 4) is 5.75 Å². The van der Waals surface area contributed by atoms with Crippen molar-refractivity contribution in [3.63, 3.8) is 0 Å². The molecule has 112 valence electrons. The molecule has 0 heterocycles. The van der Waals surface area contributed by atoms with Gasteiger partial charge < -0.3 is 15.2 Å². The standard InChI is InChI=1S/C16H24BrNO2/c1-2-9-18-11-13-10-14(17)5-6-15(13)20-12-16(19)7-3-4-8-16/h5-6,10,18-19H,2-4,7-9,11-12H2,1H3. The number of ether oxygens (including phenoxy) is 1. The monoisotopic (exact) mass is 341 g/mol. The second-order valence-corrected chi connectivity index (χ2v) is 6.56. The van der Waals surface area contributed by atoms with Crippen molar-refractivity contribution in [2.24, 2.45) is 0 Å². The molecule has 0 atom stereocenters. The van der Waals surface area contributed by atoms with E-state index in [9.17, 15) is 5.11 Å². The first-order chi connectivity index (χ1) is 9.63. The Bertz CT molecular complexity index is 430. The molecule has 0 saturated heterocycles. The van der Waals surface area contributed by atoms with Gasteiger partial charge >= 0.3 is 0 Å². The van der Waals surface area contributed by atoms with Crippen LogP contribution in [0.15, 0.2) is 22.7 Å². The SMILES string of the molecule is CCCNCc1cc(Br)ccc1OCC1(O)CCCC1. The summed E-state index contributed by atoms with van der Waals surface area (Å²) in [6, 6.07) is 6.04. The van der Waals surface area contributed by atoms with Crippen LogP contribution in [0.1, 0.15) is 44.6 Å². The molecule has 1 aromatic carbocycles. The predicted molar refractivity (Wildman–Crippen MR) is 85.1 cm³/mol. The highest BCUT2D eigenvalue weighted by atomic mass is 79.9. The van der Waals surface area contributed by atoms with Crippen molar-refractivity contribution in [1.82, 2.24) is 5.32 Å². The molecule has 1 aliphatic carbocycles. The van der Waals surface area contributed by atoms with Gasteiger partial charge in [-0.2, -0.15) is 0 Å². The smallest absolute Gasteiger partial charge is 0.124 e. The number of nitrogens with one attached hydrogen (secondary N) is 1. The highest BCUT2D eigenvalue weighted by Gasteiger charge is 2.32. The van der Waals surface area contributed by atoms with Gasteiger partial charge in [0.05, 0.1) is 5.60 Å². The Morgan fingerprint density at radius 1 is 1.35 bits per heavy atom. The number of halogens is 1. The van der Waals surface area contributed by atoms with Gasteiger partial charge in [0.25, 0.3) is 0 Å². The summed E-state index contributed by atoms with van der Waals surface area (Å²) in [7, 11) is 0. The molecule has 0 radical (unpaired) electrons. The van der Waals surface area contributed by atoms with E-state index in [1.54, 1.807) is 0 Å². The minimum absolute atomic E-state index is 0.398. The molecule has 0 spiro atoms. The number of hydrogen-bond acceptors (Lipinski definition) is 3. The van der Waals surface area contributed by atoms with E-state index in [0.29, 0.717) is 6.61 Å². The molecule has 4 heteroatoms. The number of benzene rings is 1. The van der Waals surface area contributed by atoms with Gasteiger partial charge in [-0.15, -0.1) is 0 Å². The van der Waals surface area contributed by atoms with Crippen LogP contribution in [0.5, 0.6) is 5.75 Å². The molecule has 3 nitrogen and oxygen atoms in total. The minimum Gasteiger partial charge on any atom is -0.490 e. The summed E-state index contributed by atoms with van der Waals surface area (Å²) in [6.07, 6.45) is 5.03. The van der Waals surface area contributed by atoms with E-state index < -0.39 is 5.60 Å². The van der Waals surface area contributed by atoms with Crippen LogP contribution in [0.25, 0.3) is 0 Å². The summed E-state index contributed by atoms with van der Waals surface area (Å²) < 4.78 is 6.95.